The highest BCUT2D eigenvalue weighted by Gasteiger charge is 2.02. The normalized spacial score (nSPS) is 11.1. The Morgan fingerprint density at radius 1 is 1.07 bits per heavy atom. The summed E-state index contributed by atoms with van der Waals surface area (Å²) in [5, 5.41) is 7.10. The van der Waals surface area contributed by atoms with Gasteiger partial charge in [-0.1, -0.05) is 74.4 Å². The van der Waals surface area contributed by atoms with Crippen molar-refractivity contribution in [3.63, 3.8) is 0 Å². The third kappa shape index (κ3) is 6.31. The van der Waals surface area contributed by atoms with Crippen LogP contribution in [0.15, 0.2) is 65.1 Å². The number of anilines is 1. The van der Waals surface area contributed by atoms with Crippen molar-refractivity contribution in [2.75, 3.05) is 12.0 Å². The lowest BCUT2D eigenvalue weighted by Gasteiger charge is -2.04. The first-order valence-electron chi connectivity index (χ1n) is 9.32. The Hall–Kier alpha value is -2.50. The van der Waals surface area contributed by atoms with Gasteiger partial charge in [-0.2, -0.15) is 5.10 Å². The molecule has 0 radical (unpaired) electrons. The van der Waals surface area contributed by atoms with Crippen molar-refractivity contribution < 1.29 is 4.74 Å². The molecule has 1 N–H and O–H groups in total. The number of hydrogen-bond acceptors (Lipinski definition) is 5. The Morgan fingerprint density at radius 3 is 2.67 bits per heavy atom. The third-order valence-electron chi connectivity index (χ3n) is 4.09. The Labute approximate surface area is 164 Å². The molecule has 0 saturated heterocycles. The molecule has 1 aromatic heterocycles. The van der Waals surface area contributed by atoms with Crippen LogP contribution >= 0.6 is 11.3 Å². The summed E-state index contributed by atoms with van der Waals surface area (Å²) in [5.41, 5.74) is 7.30. The largest absolute Gasteiger partial charge is 0.377 e. The number of hydrazone groups is 1. The molecule has 140 valence electrons. The van der Waals surface area contributed by atoms with Crippen LogP contribution in [0.1, 0.15) is 37.3 Å². The standard InChI is InChI=1S/C22H25N3OS/c1-2-3-7-14-26-16-19-12-10-18(11-13-19)15-23-25-22-24-21(17-27-22)20-8-5-4-6-9-20/h4-6,8-13,15,17H,2-3,7,14,16H2,1H3,(H,24,25). The highest BCUT2D eigenvalue weighted by Crippen LogP contribution is 2.24. The van der Waals surface area contributed by atoms with Crippen LogP contribution in [-0.4, -0.2) is 17.8 Å². The molecule has 27 heavy (non-hydrogen) atoms. The molecule has 1 heterocycles. The first kappa shape index (κ1) is 19.3. The van der Waals surface area contributed by atoms with Crippen LogP contribution in [-0.2, 0) is 11.3 Å². The predicted molar refractivity (Wildman–Crippen MR) is 114 cm³/mol. The lowest BCUT2D eigenvalue weighted by atomic mass is 10.1. The molecule has 0 aliphatic heterocycles. The second kappa shape index (κ2) is 10.6. The quantitative estimate of drug-likeness (QED) is 0.268. The molecule has 0 saturated carbocycles. The highest BCUT2D eigenvalue weighted by atomic mass is 32.1. The fourth-order valence-electron chi connectivity index (χ4n) is 2.57. The molecule has 5 heteroatoms. The van der Waals surface area contributed by atoms with Gasteiger partial charge in [-0.05, 0) is 17.5 Å². The van der Waals surface area contributed by atoms with E-state index in [2.05, 4.69) is 46.7 Å². The fraction of sp³-hybridized carbons (Fsp3) is 0.273. The number of aromatic nitrogens is 1. The number of thiazole rings is 1. The molecule has 0 amide bonds. The molecule has 2 aromatic carbocycles. The summed E-state index contributed by atoms with van der Waals surface area (Å²) in [6.07, 6.45) is 5.39. The molecule has 0 aliphatic rings. The molecule has 3 aromatic rings. The number of nitrogens with zero attached hydrogens (tertiary/aromatic N) is 2. The summed E-state index contributed by atoms with van der Waals surface area (Å²) in [5.74, 6) is 0. The van der Waals surface area contributed by atoms with Crippen molar-refractivity contribution in [3.8, 4) is 11.3 Å². The minimum atomic E-state index is 0.667. The second-order valence-corrected chi connectivity index (χ2v) is 7.13. The zero-order valence-corrected chi connectivity index (χ0v) is 16.4. The van der Waals surface area contributed by atoms with Crippen molar-refractivity contribution in [1.29, 1.82) is 0 Å². The van der Waals surface area contributed by atoms with E-state index in [1.165, 1.54) is 18.4 Å². The SMILES string of the molecule is CCCCCOCc1ccc(C=NNc2nc(-c3ccccc3)cs2)cc1. The second-order valence-electron chi connectivity index (χ2n) is 6.28. The van der Waals surface area contributed by atoms with Gasteiger partial charge in [-0.15, -0.1) is 11.3 Å². The van der Waals surface area contributed by atoms with Crippen molar-refractivity contribution in [3.05, 3.63) is 71.1 Å². The molecule has 0 aliphatic carbocycles. The van der Waals surface area contributed by atoms with E-state index in [0.29, 0.717) is 6.61 Å². The Kier molecular flexibility index (Phi) is 7.56. The van der Waals surface area contributed by atoms with E-state index in [4.69, 9.17) is 4.74 Å². The van der Waals surface area contributed by atoms with E-state index >= 15 is 0 Å². The summed E-state index contributed by atoms with van der Waals surface area (Å²) >= 11 is 1.54. The number of ether oxygens (including phenoxy) is 1. The van der Waals surface area contributed by atoms with Crippen LogP contribution in [0.2, 0.25) is 0 Å². The molecule has 0 fully saturated rings. The van der Waals surface area contributed by atoms with Crippen molar-refractivity contribution >= 4 is 22.7 Å². The minimum Gasteiger partial charge on any atom is -0.377 e. The van der Waals surface area contributed by atoms with Crippen molar-refractivity contribution in [2.45, 2.75) is 32.8 Å². The van der Waals surface area contributed by atoms with Crippen LogP contribution in [0, 0.1) is 0 Å². The first-order chi connectivity index (χ1) is 13.3. The summed E-state index contributed by atoms with van der Waals surface area (Å²) in [6.45, 7) is 3.70. The van der Waals surface area contributed by atoms with Gasteiger partial charge in [0.25, 0.3) is 0 Å². The lowest BCUT2D eigenvalue weighted by Crippen LogP contribution is -1.96. The summed E-state index contributed by atoms with van der Waals surface area (Å²) in [4.78, 5) is 4.56. The maximum Gasteiger partial charge on any atom is 0.203 e. The summed E-state index contributed by atoms with van der Waals surface area (Å²) in [7, 11) is 0. The van der Waals surface area contributed by atoms with Gasteiger partial charge >= 0.3 is 0 Å². The molecule has 0 bridgehead atoms. The molecule has 0 spiro atoms. The molecule has 4 nitrogen and oxygen atoms in total. The van der Waals surface area contributed by atoms with Gasteiger partial charge in [-0.3, -0.25) is 5.43 Å². The zero-order valence-electron chi connectivity index (χ0n) is 15.6. The molecule has 0 unspecified atom stereocenters. The Bertz CT molecular complexity index is 828. The van der Waals surface area contributed by atoms with Crippen molar-refractivity contribution in [1.82, 2.24) is 4.98 Å². The maximum absolute atomic E-state index is 5.69. The lowest BCUT2D eigenvalue weighted by molar-refractivity contribution is 0.117. The van der Waals surface area contributed by atoms with E-state index in [0.717, 1.165) is 35.0 Å². The average Bonchev–Trinajstić information content (AvgIpc) is 3.19. The van der Waals surface area contributed by atoms with E-state index in [-0.39, 0.29) is 0 Å². The monoisotopic (exact) mass is 379 g/mol. The van der Waals surface area contributed by atoms with Crippen LogP contribution in [0.25, 0.3) is 11.3 Å². The molecular formula is C22H25N3OS. The van der Waals surface area contributed by atoms with Crippen LogP contribution < -0.4 is 5.43 Å². The average molecular weight is 380 g/mol. The number of unbranched alkanes of at least 4 members (excludes halogenated alkanes) is 2. The van der Waals surface area contributed by atoms with Gasteiger partial charge in [0, 0.05) is 17.6 Å². The first-order valence-corrected chi connectivity index (χ1v) is 10.2. The van der Waals surface area contributed by atoms with E-state index < -0.39 is 0 Å². The third-order valence-corrected chi connectivity index (χ3v) is 4.84. The van der Waals surface area contributed by atoms with Gasteiger partial charge in [0.05, 0.1) is 18.5 Å². The number of hydrogen-bond donors (Lipinski definition) is 1. The van der Waals surface area contributed by atoms with E-state index in [1.807, 2.05) is 35.7 Å². The number of rotatable bonds is 10. The van der Waals surface area contributed by atoms with Gasteiger partial charge in [-0.25, -0.2) is 4.98 Å². The van der Waals surface area contributed by atoms with Crippen molar-refractivity contribution in [2.24, 2.45) is 5.10 Å². The zero-order chi connectivity index (χ0) is 18.7. The molecular weight excluding hydrogens is 354 g/mol. The smallest absolute Gasteiger partial charge is 0.203 e. The predicted octanol–water partition coefficient (Wildman–Crippen LogP) is 5.96. The Morgan fingerprint density at radius 2 is 1.89 bits per heavy atom. The maximum atomic E-state index is 5.69. The fourth-order valence-corrected chi connectivity index (χ4v) is 3.24. The minimum absolute atomic E-state index is 0.667. The van der Waals surface area contributed by atoms with Gasteiger partial charge < -0.3 is 4.74 Å². The number of benzene rings is 2. The van der Waals surface area contributed by atoms with E-state index in [9.17, 15) is 0 Å². The van der Waals surface area contributed by atoms with Crippen LogP contribution in [0.4, 0.5) is 5.13 Å². The van der Waals surface area contributed by atoms with Gasteiger partial charge in [0.2, 0.25) is 5.13 Å². The van der Waals surface area contributed by atoms with Gasteiger partial charge in [0.15, 0.2) is 0 Å². The topological polar surface area (TPSA) is 46.5 Å². The van der Waals surface area contributed by atoms with Gasteiger partial charge in [0.1, 0.15) is 0 Å². The van der Waals surface area contributed by atoms with E-state index in [1.54, 1.807) is 17.6 Å². The number of nitrogens with one attached hydrogen (secondary N) is 1. The van der Waals surface area contributed by atoms with Crippen LogP contribution in [0.5, 0.6) is 0 Å². The Balaban J connectivity index is 1.46. The highest BCUT2D eigenvalue weighted by molar-refractivity contribution is 7.14. The molecule has 0 atom stereocenters. The molecule has 3 rings (SSSR count). The summed E-state index contributed by atoms with van der Waals surface area (Å²) in [6, 6.07) is 18.4. The summed E-state index contributed by atoms with van der Waals surface area (Å²) < 4.78 is 5.69. The van der Waals surface area contributed by atoms with Crippen LogP contribution in [0.3, 0.4) is 0 Å².